The number of H-pyrrole nitrogens is 1. The van der Waals surface area contributed by atoms with Crippen LogP contribution in [-0.4, -0.2) is 28.7 Å². The summed E-state index contributed by atoms with van der Waals surface area (Å²) in [6, 6.07) is 0. The van der Waals surface area contributed by atoms with Gasteiger partial charge in [-0.25, -0.2) is 9.78 Å². The number of fused-ring (bicyclic) bond motifs is 3. The smallest absolute Gasteiger partial charge is 0.347 e. The predicted octanol–water partition coefficient (Wildman–Crippen LogP) is 2.17. The van der Waals surface area contributed by atoms with E-state index in [1.54, 1.807) is 28.9 Å². The quantitative estimate of drug-likeness (QED) is 0.226. The van der Waals surface area contributed by atoms with E-state index in [0.29, 0.717) is 11.7 Å². The fraction of sp³-hybridized carbons (Fsp3) is 0.444. The van der Waals surface area contributed by atoms with Gasteiger partial charge in [0.05, 0.1) is 12.4 Å². The zero-order valence-corrected chi connectivity index (χ0v) is 16.3. The summed E-state index contributed by atoms with van der Waals surface area (Å²) in [5, 5.41) is 1.38. The van der Waals surface area contributed by atoms with Crippen LogP contribution in [0.15, 0.2) is 22.6 Å². The Kier molecular flexibility index (Phi) is 5.93. The average molecular weight is 394 g/mol. The molecule has 26 heavy (non-hydrogen) atoms. The Hall–Kier alpha value is -1.93. The van der Waals surface area contributed by atoms with Crippen molar-refractivity contribution in [2.45, 2.75) is 44.3 Å². The number of ketones is 1. The van der Waals surface area contributed by atoms with Crippen molar-refractivity contribution in [3.8, 4) is 0 Å². The number of nitrogens with zero attached hydrogens (tertiary/aromatic N) is 1. The highest BCUT2D eigenvalue weighted by Crippen LogP contribution is 2.34. The van der Waals surface area contributed by atoms with Gasteiger partial charge in [-0.2, -0.15) is 4.57 Å². The number of rotatable bonds is 8. The fourth-order valence-corrected chi connectivity index (χ4v) is 5.32. The van der Waals surface area contributed by atoms with E-state index in [2.05, 4.69) is 11.6 Å². The van der Waals surface area contributed by atoms with Crippen LogP contribution in [0.1, 0.15) is 30.2 Å². The lowest BCUT2D eigenvalue weighted by atomic mass is 10.2. The topological polar surface area (TPSA) is 79.5 Å². The zero-order chi connectivity index (χ0) is 18.7. The molecular formula is C18H21N2O4S2+. The first-order valence-corrected chi connectivity index (χ1v) is 10.4. The molecule has 0 aliphatic heterocycles. The molecule has 6 nitrogen and oxygen atoms in total. The van der Waals surface area contributed by atoms with Gasteiger partial charge in [0, 0.05) is 4.88 Å². The van der Waals surface area contributed by atoms with Crippen LogP contribution in [0.5, 0.6) is 0 Å². The third kappa shape index (κ3) is 3.76. The normalized spacial score (nSPS) is 13.0. The molecule has 8 heteroatoms. The Bertz CT molecular complexity index is 929. The van der Waals surface area contributed by atoms with Gasteiger partial charge in [-0.15, -0.1) is 0 Å². The van der Waals surface area contributed by atoms with Gasteiger partial charge in [-0.3, -0.25) is 9.59 Å². The number of nitrogens with one attached hydrogen (secondary N) is 1. The van der Waals surface area contributed by atoms with Gasteiger partial charge in [0.1, 0.15) is 18.4 Å². The second-order valence-corrected chi connectivity index (χ2v) is 8.07. The molecule has 1 N–H and O–H groups in total. The molecule has 1 aliphatic carbocycles. The first-order valence-electron chi connectivity index (χ1n) is 8.56. The fourth-order valence-electron chi connectivity index (χ4n) is 3.09. The molecule has 0 radical (unpaired) electrons. The maximum atomic E-state index is 13.0. The molecule has 138 valence electrons. The van der Waals surface area contributed by atoms with Gasteiger partial charge >= 0.3 is 16.7 Å². The lowest BCUT2D eigenvalue weighted by Gasteiger charge is -2.04. The van der Waals surface area contributed by atoms with Crippen LogP contribution in [0.4, 0.5) is 0 Å². The summed E-state index contributed by atoms with van der Waals surface area (Å²) in [7, 11) is 0. The van der Waals surface area contributed by atoms with Gasteiger partial charge < -0.3 is 4.74 Å². The van der Waals surface area contributed by atoms with Gasteiger partial charge in [-0.05, 0) is 43.5 Å². The molecule has 0 unspecified atom stereocenters. The predicted molar refractivity (Wildman–Crippen MR) is 102 cm³/mol. The second-order valence-electron chi connectivity index (χ2n) is 6.01. The van der Waals surface area contributed by atoms with Crippen LogP contribution in [0, 0.1) is 0 Å². The lowest BCUT2D eigenvalue weighted by Crippen LogP contribution is -2.29. The summed E-state index contributed by atoms with van der Waals surface area (Å²) < 4.78 is 6.41. The van der Waals surface area contributed by atoms with Crippen molar-refractivity contribution in [2.75, 3.05) is 12.4 Å². The maximum absolute atomic E-state index is 13.0. The van der Waals surface area contributed by atoms with Crippen molar-refractivity contribution in [1.82, 2.24) is 4.57 Å². The van der Waals surface area contributed by atoms with Crippen molar-refractivity contribution < 1.29 is 19.3 Å². The first kappa shape index (κ1) is 18.8. The van der Waals surface area contributed by atoms with Crippen LogP contribution in [-0.2, 0) is 33.7 Å². The van der Waals surface area contributed by atoms with E-state index in [-0.39, 0.29) is 30.1 Å². The highest BCUT2D eigenvalue weighted by Gasteiger charge is 2.27. The number of Topliss-reactive ketones (excluding diaryl/α,β-unsaturated/α-hetero) is 1. The number of thioether (sulfide) groups is 1. The summed E-state index contributed by atoms with van der Waals surface area (Å²) in [6.07, 6.45) is 4.47. The first-order chi connectivity index (χ1) is 12.5. The Morgan fingerprint density at radius 2 is 2.23 bits per heavy atom. The molecule has 0 fully saturated rings. The summed E-state index contributed by atoms with van der Waals surface area (Å²) in [6.45, 7) is 6.05. The number of allylic oxidation sites excluding steroid dienone is 1. The van der Waals surface area contributed by atoms with Gasteiger partial charge in [0.2, 0.25) is 0 Å². The number of aromatic amines is 1. The summed E-state index contributed by atoms with van der Waals surface area (Å²) in [5.74, 6) is -0.647. The number of thiophene rings is 1. The van der Waals surface area contributed by atoms with Crippen LogP contribution >= 0.6 is 23.1 Å². The van der Waals surface area contributed by atoms with Crippen molar-refractivity contribution in [1.29, 1.82) is 0 Å². The average Bonchev–Trinajstić information content (AvgIpc) is 3.16. The van der Waals surface area contributed by atoms with Crippen molar-refractivity contribution in [3.63, 3.8) is 0 Å². The van der Waals surface area contributed by atoms with E-state index in [0.717, 1.165) is 29.5 Å². The molecule has 0 amide bonds. The van der Waals surface area contributed by atoms with E-state index in [1.807, 2.05) is 0 Å². The Morgan fingerprint density at radius 1 is 1.42 bits per heavy atom. The summed E-state index contributed by atoms with van der Waals surface area (Å²) in [4.78, 5) is 41.9. The standard InChI is InChI=1S/C18H20N2O4S2/c1-3-8-20-17(23)15-12-6-5-7-13(12)26-16(15)19-18(20)25-10-11(21)9-14(22)24-4-2/h3H,1,4-10H2,2H3/p+1. The Morgan fingerprint density at radius 3 is 2.96 bits per heavy atom. The highest BCUT2D eigenvalue weighted by atomic mass is 32.2. The van der Waals surface area contributed by atoms with Gasteiger partial charge in [-0.1, -0.05) is 24.0 Å². The minimum absolute atomic E-state index is 0.0432. The summed E-state index contributed by atoms with van der Waals surface area (Å²) >= 11 is 2.86. The van der Waals surface area contributed by atoms with E-state index in [1.165, 1.54) is 22.2 Å². The molecule has 0 saturated carbocycles. The van der Waals surface area contributed by atoms with E-state index in [9.17, 15) is 14.4 Å². The number of hydrogen-bond donors (Lipinski definition) is 0. The molecule has 3 rings (SSSR count). The number of ether oxygens (including phenoxy) is 1. The lowest BCUT2D eigenvalue weighted by molar-refractivity contribution is -0.404. The van der Waals surface area contributed by atoms with Crippen molar-refractivity contribution in [2.24, 2.45) is 0 Å². The Labute approximate surface area is 159 Å². The molecule has 0 bridgehead atoms. The molecule has 2 aromatic rings. The Balaban J connectivity index is 1.87. The second kappa shape index (κ2) is 8.18. The minimum Gasteiger partial charge on any atom is -0.466 e. The molecule has 0 atom stereocenters. The molecule has 1 aliphatic rings. The molecule has 0 aromatic carbocycles. The molecule has 0 spiro atoms. The van der Waals surface area contributed by atoms with Gasteiger partial charge in [0.25, 0.3) is 0 Å². The van der Waals surface area contributed by atoms with Crippen LogP contribution in [0.2, 0.25) is 0 Å². The number of aromatic nitrogens is 2. The number of carbonyl (C=O) groups is 2. The van der Waals surface area contributed by atoms with Crippen molar-refractivity contribution in [3.05, 3.63) is 33.4 Å². The van der Waals surface area contributed by atoms with E-state index in [4.69, 9.17) is 4.74 Å². The van der Waals surface area contributed by atoms with Crippen LogP contribution in [0.3, 0.4) is 0 Å². The number of aryl methyl sites for hydroxylation is 2. The third-order valence-electron chi connectivity index (χ3n) is 4.17. The number of esters is 1. The van der Waals surface area contributed by atoms with E-state index < -0.39 is 5.97 Å². The zero-order valence-electron chi connectivity index (χ0n) is 14.6. The highest BCUT2D eigenvalue weighted by molar-refractivity contribution is 7.99. The molecule has 2 heterocycles. The molecule has 2 aromatic heterocycles. The number of carbonyl (C=O) groups excluding carboxylic acids is 2. The molecule has 0 saturated heterocycles. The van der Waals surface area contributed by atoms with E-state index >= 15 is 0 Å². The SMILES string of the molecule is C=CCn1c(SCC(=O)CC(=O)OCC)[nH+]c2sc3c(c2c1=O)CCC3. The van der Waals surface area contributed by atoms with Crippen molar-refractivity contribution >= 4 is 45.1 Å². The van der Waals surface area contributed by atoms with Crippen LogP contribution < -0.4 is 10.5 Å². The third-order valence-corrected chi connectivity index (χ3v) is 6.44. The minimum atomic E-state index is -0.518. The van der Waals surface area contributed by atoms with Gasteiger partial charge in [0.15, 0.2) is 10.6 Å². The maximum Gasteiger partial charge on any atom is 0.347 e. The number of hydrogen-bond acceptors (Lipinski definition) is 6. The largest absolute Gasteiger partial charge is 0.466 e. The summed E-state index contributed by atoms with van der Waals surface area (Å²) in [5.41, 5.74) is 1.12. The van der Waals surface area contributed by atoms with Crippen LogP contribution in [0.25, 0.3) is 10.2 Å². The monoisotopic (exact) mass is 393 g/mol. The molecular weight excluding hydrogens is 372 g/mol.